The Morgan fingerprint density at radius 3 is 2.56 bits per heavy atom. The predicted octanol–water partition coefficient (Wildman–Crippen LogP) is 2.00. The van der Waals surface area contributed by atoms with E-state index in [1.54, 1.807) is 19.1 Å². The Balaban J connectivity index is 2.69. The molecule has 0 bridgehead atoms. The number of carboxylic acids is 1. The van der Waals surface area contributed by atoms with Gasteiger partial charge in [-0.25, -0.2) is 4.39 Å². The van der Waals surface area contributed by atoms with Crippen LogP contribution in [0.15, 0.2) is 24.3 Å². The molecule has 0 aliphatic heterocycles. The number of amides is 1. The van der Waals surface area contributed by atoms with Crippen LogP contribution in [0.5, 0.6) is 0 Å². The lowest BCUT2D eigenvalue weighted by Gasteiger charge is -2.21. The summed E-state index contributed by atoms with van der Waals surface area (Å²) >= 11 is 1.00. The van der Waals surface area contributed by atoms with Gasteiger partial charge in [0.15, 0.2) is 0 Å². The van der Waals surface area contributed by atoms with Crippen LogP contribution < -0.4 is 4.90 Å². The molecule has 0 radical (unpaired) electrons. The van der Waals surface area contributed by atoms with E-state index in [4.69, 9.17) is 5.11 Å². The van der Waals surface area contributed by atoms with E-state index in [1.165, 1.54) is 17.0 Å². The van der Waals surface area contributed by atoms with Crippen molar-refractivity contribution in [2.75, 3.05) is 23.0 Å². The minimum atomic E-state index is -0.971. The van der Waals surface area contributed by atoms with E-state index >= 15 is 0 Å². The van der Waals surface area contributed by atoms with E-state index < -0.39 is 11.8 Å². The Bertz CT molecular complexity index is 439. The number of aliphatic carboxylic acids is 1. The number of carboxylic acid groups (broad SMARTS) is 1. The van der Waals surface area contributed by atoms with Crippen molar-refractivity contribution in [3.8, 4) is 0 Å². The fourth-order valence-electron chi connectivity index (χ4n) is 1.46. The van der Waals surface area contributed by atoms with E-state index in [0.29, 0.717) is 6.54 Å². The number of rotatable bonds is 6. The van der Waals surface area contributed by atoms with Crippen LogP contribution in [0, 0.1) is 5.82 Å². The average molecular weight is 271 g/mol. The summed E-state index contributed by atoms with van der Waals surface area (Å²) in [5.41, 5.74) is 0.223. The van der Waals surface area contributed by atoms with Gasteiger partial charge in [0.1, 0.15) is 5.82 Å². The fourth-order valence-corrected chi connectivity index (χ4v) is 2.06. The molecule has 0 fully saturated rings. The quantitative estimate of drug-likeness (QED) is 0.859. The molecule has 1 amide bonds. The maximum absolute atomic E-state index is 13.5. The Kier molecular flexibility index (Phi) is 5.64. The Morgan fingerprint density at radius 2 is 2.00 bits per heavy atom. The Hall–Kier alpha value is -1.56. The largest absolute Gasteiger partial charge is 0.481 e. The van der Waals surface area contributed by atoms with Crippen LogP contribution in [-0.4, -0.2) is 35.0 Å². The molecule has 0 aliphatic rings. The molecule has 1 rings (SSSR count). The monoisotopic (exact) mass is 271 g/mol. The van der Waals surface area contributed by atoms with E-state index in [0.717, 1.165) is 11.8 Å². The van der Waals surface area contributed by atoms with Crippen molar-refractivity contribution in [3.05, 3.63) is 30.1 Å². The Labute approximate surface area is 109 Å². The lowest BCUT2D eigenvalue weighted by Crippen LogP contribution is -2.33. The second kappa shape index (κ2) is 7.00. The van der Waals surface area contributed by atoms with Crippen molar-refractivity contribution in [1.82, 2.24) is 0 Å². The van der Waals surface area contributed by atoms with E-state index in [2.05, 4.69) is 0 Å². The molecule has 0 spiro atoms. The van der Waals surface area contributed by atoms with E-state index in [9.17, 15) is 14.0 Å². The minimum absolute atomic E-state index is 0.0223. The van der Waals surface area contributed by atoms with Gasteiger partial charge in [0.05, 0.1) is 17.2 Å². The first-order chi connectivity index (χ1) is 8.56. The summed E-state index contributed by atoms with van der Waals surface area (Å²) in [7, 11) is 0. The highest BCUT2D eigenvalue weighted by Gasteiger charge is 2.17. The molecule has 1 N–H and O–H groups in total. The number of hydrogen-bond acceptors (Lipinski definition) is 3. The second-order valence-electron chi connectivity index (χ2n) is 3.48. The maximum atomic E-state index is 13.5. The van der Waals surface area contributed by atoms with Crippen molar-refractivity contribution >= 4 is 29.3 Å². The zero-order chi connectivity index (χ0) is 13.5. The number of anilines is 1. The number of thioether (sulfide) groups is 1. The van der Waals surface area contributed by atoms with Gasteiger partial charge in [-0.05, 0) is 19.1 Å². The minimum Gasteiger partial charge on any atom is -0.481 e. The van der Waals surface area contributed by atoms with Gasteiger partial charge in [-0.15, -0.1) is 11.8 Å². The lowest BCUT2D eigenvalue weighted by atomic mass is 10.2. The van der Waals surface area contributed by atoms with Gasteiger partial charge in [0, 0.05) is 6.54 Å². The van der Waals surface area contributed by atoms with E-state index in [-0.39, 0.29) is 23.1 Å². The first-order valence-electron chi connectivity index (χ1n) is 5.40. The highest BCUT2D eigenvalue weighted by Crippen LogP contribution is 2.19. The van der Waals surface area contributed by atoms with Crippen molar-refractivity contribution in [2.45, 2.75) is 6.92 Å². The number of halogens is 1. The summed E-state index contributed by atoms with van der Waals surface area (Å²) in [6, 6.07) is 6.02. The highest BCUT2D eigenvalue weighted by molar-refractivity contribution is 8.00. The van der Waals surface area contributed by atoms with Gasteiger partial charge in [-0.2, -0.15) is 0 Å². The molecule has 0 heterocycles. The molecular weight excluding hydrogens is 257 g/mol. The molecule has 0 atom stereocenters. The lowest BCUT2D eigenvalue weighted by molar-refractivity contribution is -0.133. The molecule has 18 heavy (non-hydrogen) atoms. The molecule has 0 saturated heterocycles. The summed E-state index contributed by atoms with van der Waals surface area (Å²) in [5, 5.41) is 8.48. The first-order valence-corrected chi connectivity index (χ1v) is 6.56. The molecule has 0 aliphatic carbocycles. The van der Waals surface area contributed by atoms with Crippen molar-refractivity contribution < 1.29 is 19.1 Å². The summed E-state index contributed by atoms with van der Waals surface area (Å²) in [6.07, 6.45) is 0. The van der Waals surface area contributed by atoms with Crippen LogP contribution in [0.1, 0.15) is 6.92 Å². The molecule has 6 heteroatoms. The SMILES string of the molecule is CCN(C(=O)CSCC(=O)O)c1ccccc1F. The standard InChI is InChI=1S/C12H14FNO3S/c1-2-14(10-6-4-3-5-9(10)13)11(15)7-18-8-12(16)17/h3-6H,2,7-8H2,1H3,(H,16,17). The zero-order valence-electron chi connectivity index (χ0n) is 9.93. The third-order valence-electron chi connectivity index (χ3n) is 2.21. The number of para-hydroxylation sites is 1. The van der Waals surface area contributed by atoms with Gasteiger partial charge in [0.2, 0.25) is 5.91 Å². The van der Waals surface area contributed by atoms with Crippen LogP contribution >= 0.6 is 11.8 Å². The number of benzene rings is 1. The van der Waals surface area contributed by atoms with Crippen LogP contribution in [0.3, 0.4) is 0 Å². The van der Waals surface area contributed by atoms with E-state index in [1.807, 2.05) is 0 Å². The summed E-state index contributed by atoms with van der Waals surface area (Å²) in [5.74, 6) is -1.85. The first kappa shape index (κ1) is 14.5. The summed E-state index contributed by atoms with van der Waals surface area (Å²) in [4.78, 5) is 23.5. The van der Waals surface area contributed by atoms with Gasteiger partial charge in [-0.1, -0.05) is 12.1 Å². The molecule has 0 aromatic heterocycles. The van der Waals surface area contributed by atoms with Gasteiger partial charge >= 0.3 is 5.97 Å². The number of nitrogens with zero attached hydrogens (tertiary/aromatic N) is 1. The van der Waals surface area contributed by atoms with Gasteiger partial charge in [0.25, 0.3) is 0 Å². The Morgan fingerprint density at radius 1 is 1.33 bits per heavy atom. The van der Waals surface area contributed by atoms with Crippen LogP contribution in [0.4, 0.5) is 10.1 Å². The summed E-state index contributed by atoms with van der Waals surface area (Å²) < 4.78 is 13.5. The van der Waals surface area contributed by atoms with Crippen LogP contribution in [0.2, 0.25) is 0 Å². The van der Waals surface area contributed by atoms with Crippen LogP contribution in [0.25, 0.3) is 0 Å². The van der Waals surface area contributed by atoms with Crippen LogP contribution in [-0.2, 0) is 9.59 Å². The normalized spacial score (nSPS) is 10.1. The molecule has 98 valence electrons. The average Bonchev–Trinajstić information content (AvgIpc) is 2.32. The highest BCUT2D eigenvalue weighted by atomic mass is 32.2. The zero-order valence-corrected chi connectivity index (χ0v) is 10.7. The molecule has 1 aromatic carbocycles. The third kappa shape index (κ3) is 4.03. The topological polar surface area (TPSA) is 57.6 Å². The predicted molar refractivity (Wildman–Crippen MR) is 69.4 cm³/mol. The molecule has 0 saturated carbocycles. The van der Waals surface area contributed by atoms with Gasteiger partial charge < -0.3 is 10.0 Å². The molecule has 0 unspecified atom stereocenters. The molecule has 1 aromatic rings. The molecule has 4 nitrogen and oxygen atoms in total. The fraction of sp³-hybridized carbons (Fsp3) is 0.333. The van der Waals surface area contributed by atoms with Crippen molar-refractivity contribution in [3.63, 3.8) is 0 Å². The number of carbonyl (C=O) groups is 2. The maximum Gasteiger partial charge on any atom is 0.313 e. The molecular formula is C12H14FNO3S. The number of hydrogen-bond donors (Lipinski definition) is 1. The van der Waals surface area contributed by atoms with Gasteiger partial charge in [-0.3, -0.25) is 9.59 Å². The summed E-state index contributed by atoms with van der Waals surface area (Å²) in [6.45, 7) is 2.08. The van der Waals surface area contributed by atoms with Crippen molar-refractivity contribution in [1.29, 1.82) is 0 Å². The smallest absolute Gasteiger partial charge is 0.313 e. The number of carbonyl (C=O) groups excluding carboxylic acids is 1. The van der Waals surface area contributed by atoms with Crippen molar-refractivity contribution in [2.24, 2.45) is 0 Å². The second-order valence-corrected chi connectivity index (χ2v) is 4.46. The third-order valence-corrected chi connectivity index (χ3v) is 3.11.